The molecule has 4 heteroatoms. The summed E-state index contributed by atoms with van der Waals surface area (Å²) in [4.78, 5) is 0. The SMILES string of the molecule is CSCCCCCNCc1ccc2c(c1)OCCO2. The van der Waals surface area contributed by atoms with Crippen molar-refractivity contribution in [2.24, 2.45) is 0 Å². The van der Waals surface area contributed by atoms with Gasteiger partial charge in [0, 0.05) is 6.54 Å². The van der Waals surface area contributed by atoms with Crippen molar-refractivity contribution in [3.63, 3.8) is 0 Å². The van der Waals surface area contributed by atoms with Gasteiger partial charge in [-0.05, 0) is 49.1 Å². The number of fused-ring (bicyclic) bond motifs is 1. The van der Waals surface area contributed by atoms with Gasteiger partial charge in [-0.1, -0.05) is 12.5 Å². The van der Waals surface area contributed by atoms with Crippen LogP contribution in [-0.4, -0.2) is 31.8 Å². The number of benzene rings is 1. The molecule has 0 aliphatic carbocycles. The van der Waals surface area contributed by atoms with Crippen LogP contribution in [0.25, 0.3) is 0 Å². The minimum atomic E-state index is 0.652. The predicted octanol–water partition coefficient (Wildman–Crippen LogP) is 3.08. The van der Waals surface area contributed by atoms with Gasteiger partial charge in [0.1, 0.15) is 13.2 Å². The van der Waals surface area contributed by atoms with Crippen LogP contribution in [-0.2, 0) is 6.54 Å². The second-order valence-electron chi connectivity index (χ2n) is 4.71. The van der Waals surface area contributed by atoms with Crippen LogP contribution in [0.15, 0.2) is 18.2 Å². The minimum absolute atomic E-state index is 0.652. The summed E-state index contributed by atoms with van der Waals surface area (Å²) in [5.41, 5.74) is 1.26. The van der Waals surface area contributed by atoms with Crippen LogP contribution in [0.5, 0.6) is 11.5 Å². The third kappa shape index (κ3) is 4.96. The molecular formula is C15H23NO2S. The summed E-state index contributed by atoms with van der Waals surface area (Å²) in [6.07, 6.45) is 6.06. The Morgan fingerprint density at radius 3 is 2.79 bits per heavy atom. The summed E-state index contributed by atoms with van der Waals surface area (Å²) in [5.74, 6) is 3.03. The van der Waals surface area contributed by atoms with Gasteiger partial charge in [-0.3, -0.25) is 0 Å². The number of unbranched alkanes of at least 4 members (excludes halogenated alkanes) is 2. The van der Waals surface area contributed by atoms with E-state index in [0.717, 1.165) is 24.6 Å². The molecule has 1 heterocycles. The van der Waals surface area contributed by atoms with Crippen molar-refractivity contribution in [2.75, 3.05) is 31.8 Å². The van der Waals surface area contributed by atoms with E-state index in [1.165, 1.54) is 30.6 Å². The van der Waals surface area contributed by atoms with E-state index in [4.69, 9.17) is 9.47 Å². The molecule has 0 spiro atoms. The minimum Gasteiger partial charge on any atom is -0.486 e. The Morgan fingerprint density at radius 1 is 1.11 bits per heavy atom. The third-order valence-corrected chi connectivity index (χ3v) is 3.83. The van der Waals surface area contributed by atoms with E-state index in [2.05, 4.69) is 23.7 Å². The fourth-order valence-electron chi connectivity index (χ4n) is 2.10. The fourth-order valence-corrected chi connectivity index (χ4v) is 2.60. The van der Waals surface area contributed by atoms with E-state index in [-0.39, 0.29) is 0 Å². The topological polar surface area (TPSA) is 30.5 Å². The number of nitrogens with one attached hydrogen (secondary N) is 1. The van der Waals surface area contributed by atoms with Crippen LogP contribution in [0, 0.1) is 0 Å². The Morgan fingerprint density at radius 2 is 1.95 bits per heavy atom. The highest BCUT2D eigenvalue weighted by molar-refractivity contribution is 7.98. The van der Waals surface area contributed by atoms with Crippen LogP contribution in [0.4, 0.5) is 0 Å². The summed E-state index contributed by atoms with van der Waals surface area (Å²) >= 11 is 1.93. The number of hydrogen-bond donors (Lipinski definition) is 1. The number of hydrogen-bond acceptors (Lipinski definition) is 4. The van der Waals surface area contributed by atoms with E-state index >= 15 is 0 Å². The van der Waals surface area contributed by atoms with E-state index in [9.17, 15) is 0 Å². The second-order valence-corrected chi connectivity index (χ2v) is 5.69. The Bertz CT molecular complexity index is 384. The molecule has 0 atom stereocenters. The standard InChI is InChI=1S/C15H23NO2S/c1-19-10-4-2-3-7-16-12-13-5-6-14-15(11-13)18-9-8-17-14/h5-6,11,16H,2-4,7-10,12H2,1H3. The van der Waals surface area contributed by atoms with E-state index < -0.39 is 0 Å². The Labute approximate surface area is 120 Å². The molecule has 0 unspecified atom stereocenters. The first-order valence-electron chi connectivity index (χ1n) is 6.98. The largest absolute Gasteiger partial charge is 0.486 e. The Hall–Kier alpha value is -0.870. The van der Waals surface area contributed by atoms with Crippen molar-refractivity contribution in [1.29, 1.82) is 0 Å². The van der Waals surface area contributed by atoms with Crippen LogP contribution in [0.3, 0.4) is 0 Å². The zero-order valence-corrected chi connectivity index (χ0v) is 12.4. The molecule has 1 aromatic carbocycles. The number of ether oxygens (including phenoxy) is 2. The van der Waals surface area contributed by atoms with Gasteiger partial charge in [0.15, 0.2) is 11.5 Å². The van der Waals surface area contributed by atoms with Gasteiger partial charge >= 0.3 is 0 Å². The van der Waals surface area contributed by atoms with Crippen LogP contribution < -0.4 is 14.8 Å². The van der Waals surface area contributed by atoms with Gasteiger partial charge in [0.05, 0.1) is 0 Å². The van der Waals surface area contributed by atoms with E-state index in [0.29, 0.717) is 13.2 Å². The molecule has 2 rings (SSSR count). The highest BCUT2D eigenvalue weighted by Crippen LogP contribution is 2.30. The summed E-state index contributed by atoms with van der Waals surface area (Å²) < 4.78 is 11.1. The average Bonchev–Trinajstić information content (AvgIpc) is 2.46. The highest BCUT2D eigenvalue weighted by Gasteiger charge is 2.11. The smallest absolute Gasteiger partial charge is 0.161 e. The summed E-state index contributed by atoms with van der Waals surface area (Å²) in [7, 11) is 0. The van der Waals surface area contributed by atoms with Gasteiger partial charge in [-0.25, -0.2) is 0 Å². The maximum Gasteiger partial charge on any atom is 0.161 e. The molecule has 1 aliphatic rings. The summed E-state index contributed by atoms with van der Waals surface area (Å²) in [6, 6.07) is 6.19. The van der Waals surface area contributed by atoms with E-state index in [1.54, 1.807) is 0 Å². The van der Waals surface area contributed by atoms with Gasteiger partial charge in [-0.15, -0.1) is 0 Å². The quantitative estimate of drug-likeness (QED) is 0.742. The molecule has 1 N–H and O–H groups in total. The van der Waals surface area contributed by atoms with Crippen molar-refractivity contribution >= 4 is 11.8 Å². The summed E-state index contributed by atoms with van der Waals surface area (Å²) in [6.45, 7) is 3.29. The van der Waals surface area contributed by atoms with Gasteiger partial charge < -0.3 is 14.8 Å². The Balaban J connectivity index is 1.66. The normalized spacial score (nSPS) is 13.5. The van der Waals surface area contributed by atoms with Crippen LogP contribution in [0.2, 0.25) is 0 Å². The van der Waals surface area contributed by atoms with Gasteiger partial charge in [-0.2, -0.15) is 11.8 Å². The average molecular weight is 281 g/mol. The molecule has 0 saturated heterocycles. The lowest BCUT2D eigenvalue weighted by atomic mass is 10.2. The lowest BCUT2D eigenvalue weighted by Gasteiger charge is -2.19. The fraction of sp³-hybridized carbons (Fsp3) is 0.600. The molecule has 0 amide bonds. The maximum absolute atomic E-state index is 5.58. The molecule has 3 nitrogen and oxygen atoms in total. The first-order chi connectivity index (χ1) is 9.40. The molecule has 0 bridgehead atoms. The molecular weight excluding hydrogens is 258 g/mol. The number of thioether (sulfide) groups is 1. The molecule has 1 aliphatic heterocycles. The zero-order chi connectivity index (χ0) is 13.3. The Kier molecular flexibility index (Phi) is 6.37. The van der Waals surface area contributed by atoms with Gasteiger partial charge in [0.2, 0.25) is 0 Å². The van der Waals surface area contributed by atoms with Crippen molar-refractivity contribution in [2.45, 2.75) is 25.8 Å². The zero-order valence-electron chi connectivity index (χ0n) is 11.6. The van der Waals surface area contributed by atoms with Gasteiger partial charge in [0.25, 0.3) is 0 Å². The lowest BCUT2D eigenvalue weighted by molar-refractivity contribution is 0.171. The lowest BCUT2D eigenvalue weighted by Crippen LogP contribution is -2.17. The van der Waals surface area contributed by atoms with Crippen molar-refractivity contribution in [1.82, 2.24) is 5.32 Å². The van der Waals surface area contributed by atoms with Crippen LogP contribution in [0.1, 0.15) is 24.8 Å². The molecule has 19 heavy (non-hydrogen) atoms. The van der Waals surface area contributed by atoms with Crippen molar-refractivity contribution in [3.8, 4) is 11.5 Å². The maximum atomic E-state index is 5.58. The first-order valence-corrected chi connectivity index (χ1v) is 8.38. The van der Waals surface area contributed by atoms with Crippen molar-refractivity contribution in [3.05, 3.63) is 23.8 Å². The summed E-state index contributed by atoms with van der Waals surface area (Å²) in [5, 5.41) is 3.48. The molecule has 0 fully saturated rings. The van der Waals surface area contributed by atoms with Crippen LogP contribution >= 0.6 is 11.8 Å². The monoisotopic (exact) mass is 281 g/mol. The number of rotatable bonds is 8. The first kappa shape index (κ1) is 14.5. The third-order valence-electron chi connectivity index (χ3n) is 3.14. The predicted molar refractivity (Wildman–Crippen MR) is 81.4 cm³/mol. The molecule has 0 radical (unpaired) electrons. The highest BCUT2D eigenvalue weighted by atomic mass is 32.2. The van der Waals surface area contributed by atoms with E-state index in [1.807, 2.05) is 17.8 Å². The molecule has 0 aromatic heterocycles. The second kappa shape index (κ2) is 8.33. The molecule has 0 saturated carbocycles. The van der Waals surface area contributed by atoms with Crippen molar-refractivity contribution < 1.29 is 9.47 Å². The molecule has 106 valence electrons. The molecule has 1 aromatic rings.